The molecule has 0 spiro atoms. The smallest absolute Gasteiger partial charge is 0.322 e. The van der Waals surface area contributed by atoms with Gasteiger partial charge in [0.15, 0.2) is 0 Å². The molecule has 6 nitrogen and oxygen atoms in total. The molecule has 1 saturated carbocycles. The first-order valence-electron chi connectivity index (χ1n) is 12.3. The van der Waals surface area contributed by atoms with Crippen molar-refractivity contribution in [2.24, 2.45) is 5.92 Å². The molecule has 188 valence electrons. The number of aryl methyl sites for hydroxylation is 1. The van der Waals surface area contributed by atoms with Crippen LogP contribution < -0.4 is 10.1 Å². The minimum Gasteiger partial charge on any atom is -0.491 e. The third-order valence-electron chi connectivity index (χ3n) is 6.71. The van der Waals surface area contributed by atoms with Gasteiger partial charge in [0.1, 0.15) is 24.7 Å². The Morgan fingerprint density at radius 2 is 1.97 bits per heavy atom. The zero-order valence-corrected chi connectivity index (χ0v) is 21.1. The molecule has 2 heterocycles. The molecule has 1 atom stereocenters. The van der Waals surface area contributed by atoms with Gasteiger partial charge in [-0.15, -0.1) is 11.3 Å². The molecule has 5 rings (SSSR count). The number of halogens is 1. The van der Waals surface area contributed by atoms with Gasteiger partial charge in [-0.1, -0.05) is 23.8 Å². The second kappa shape index (κ2) is 10.7. The summed E-state index contributed by atoms with van der Waals surface area (Å²) >= 11 is 1.68. The highest BCUT2D eigenvalue weighted by Gasteiger charge is 2.35. The third kappa shape index (κ3) is 5.87. The molecule has 2 aromatic carbocycles. The van der Waals surface area contributed by atoms with Gasteiger partial charge in [-0.2, -0.15) is 0 Å². The number of rotatable bonds is 8. The largest absolute Gasteiger partial charge is 0.491 e. The molecular formula is C28H30FN3O3S. The summed E-state index contributed by atoms with van der Waals surface area (Å²) in [6.45, 7) is 3.34. The van der Waals surface area contributed by atoms with E-state index in [0.29, 0.717) is 30.4 Å². The van der Waals surface area contributed by atoms with Crippen molar-refractivity contribution in [2.75, 3.05) is 31.6 Å². The van der Waals surface area contributed by atoms with Crippen molar-refractivity contribution in [3.05, 3.63) is 81.8 Å². The van der Waals surface area contributed by atoms with Crippen LogP contribution in [0, 0.1) is 18.7 Å². The highest BCUT2D eigenvalue weighted by molar-refractivity contribution is 7.10. The molecule has 1 unspecified atom stereocenters. The maximum Gasteiger partial charge on any atom is 0.322 e. The van der Waals surface area contributed by atoms with Gasteiger partial charge in [-0.05, 0) is 73.4 Å². The standard InChI is InChI=1S/C28H30FN3O3S/c1-19-5-9-22(10-6-19)30-28(34)31(16-20-7-8-20)17-27(33)32-13-11-26-24(12-14-36-26)25(32)18-35-23-4-2-3-21(29)15-23/h2-6,9-10,12,14-15,20,25H,7-8,11,13,16-18H2,1H3,(H,30,34). The maximum atomic E-state index is 13.6. The summed E-state index contributed by atoms with van der Waals surface area (Å²) in [5.41, 5.74) is 2.89. The van der Waals surface area contributed by atoms with E-state index < -0.39 is 0 Å². The highest BCUT2D eigenvalue weighted by Crippen LogP contribution is 2.35. The molecule has 1 fully saturated rings. The van der Waals surface area contributed by atoms with Crippen LogP contribution in [-0.2, 0) is 11.2 Å². The molecule has 1 aromatic heterocycles. The van der Waals surface area contributed by atoms with Gasteiger partial charge < -0.3 is 19.9 Å². The van der Waals surface area contributed by atoms with E-state index in [1.54, 1.807) is 28.4 Å². The van der Waals surface area contributed by atoms with Crippen molar-refractivity contribution < 1.29 is 18.7 Å². The Morgan fingerprint density at radius 1 is 1.17 bits per heavy atom. The number of urea groups is 1. The van der Waals surface area contributed by atoms with Crippen molar-refractivity contribution in [1.29, 1.82) is 0 Å². The highest BCUT2D eigenvalue weighted by atomic mass is 32.1. The fourth-order valence-corrected chi connectivity index (χ4v) is 5.46. The van der Waals surface area contributed by atoms with E-state index in [4.69, 9.17) is 4.74 Å². The first-order chi connectivity index (χ1) is 17.5. The van der Waals surface area contributed by atoms with Crippen molar-refractivity contribution in [3.63, 3.8) is 0 Å². The summed E-state index contributed by atoms with van der Waals surface area (Å²) in [6, 6.07) is 15.1. The first kappa shape index (κ1) is 24.3. The van der Waals surface area contributed by atoms with E-state index in [1.165, 1.54) is 17.0 Å². The summed E-state index contributed by atoms with van der Waals surface area (Å²) in [5.74, 6) is 0.395. The number of carbonyl (C=O) groups is 2. The predicted molar refractivity (Wildman–Crippen MR) is 139 cm³/mol. The van der Waals surface area contributed by atoms with Crippen LogP contribution in [-0.4, -0.2) is 48.0 Å². The van der Waals surface area contributed by atoms with E-state index in [1.807, 2.05) is 47.5 Å². The molecule has 3 aromatic rings. The van der Waals surface area contributed by atoms with Crippen LogP contribution in [0.4, 0.5) is 14.9 Å². The van der Waals surface area contributed by atoms with Crippen LogP contribution in [0.15, 0.2) is 60.0 Å². The van der Waals surface area contributed by atoms with Gasteiger partial charge in [-0.3, -0.25) is 4.79 Å². The molecule has 1 N–H and O–H groups in total. The Kier molecular flexibility index (Phi) is 7.23. The van der Waals surface area contributed by atoms with Crippen LogP contribution in [0.3, 0.4) is 0 Å². The van der Waals surface area contributed by atoms with Crippen LogP contribution in [0.1, 0.15) is 34.9 Å². The summed E-state index contributed by atoms with van der Waals surface area (Å²) in [5, 5.41) is 4.97. The van der Waals surface area contributed by atoms with Crippen molar-refractivity contribution >= 4 is 29.0 Å². The number of amides is 3. The van der Waals surface area contributed by atoms with Crippen molar-refractivity contribution in [3.8, 4) is 5.75 Å². The Bertz CT molecular complexity index is 1220. The predicted octanol–water partition coefficient (Wildman–Crippen LogP) is 5.64. The van der Waals surface area contributed by atoms with Crippen molar-refractivity contribution in [2.45, 2.75) is 32.2 Å². The van der Waals surface area contributed by atoms with E-state index in [-0.39, 0.29) is 36.9 Å². The lowest BCUT2D eigenvalue weighted by Crippen LogP contribution is -2.49. The van der Waals surface area contributed by atoms with E-state index in [9.17, 15) is 14.0 Å². The summed E-state index contributed by atoms with van der Waals surface area (Å²) in [7, 11) is 0. The lowest BCUT2D eigenvalue weighted by Gasteiger charge is -2.37. The molecule has 36 heavy (non-hydrogen) atoms. The average molecular weight is 508 g/mol. The van der Waals surface area contributed by atoms with Gasteiger partial charge in [0.25, 0.3) is 0 Å². The fraction of sp³-hybridized carbons (Fsp3) is 0.357. The molecule has 1 aliphatic heterocycles. The fourth-order valence-electron chi connectivity index (χ4n) is 4.53. The molecule has 8 heteroatoms. The van der Waals surface area contributed by atoms with Gasteiger partial charge in [0.05, 0.1) is 6.04 Å². The SMILES string of the molecule is Cc1ccc(NC(=O)N(CC(=O)N2CCc3sccc3C2COc2cccc(F)c2)CC2CC2)cc1. The number of nitrogens with one attached hydrogen (secondary N) is 1. The molecular weight excluding hydrogens is 477 g/mol. The number of thiophene rings is 1. The summed E-state index contributed by atoms with van der Waals surface area (Å²) in [4.78, 5) is 31.4. The molecule has 0 bridgehead atoms. The van der Waals surface area contributed by atoms with Crippen LogP contribution in [0.5, 0.6) is 5.75 Å². The Hall–Kier alpha value is -3.39. The number of hydrogen-bond donors (Lipinski definition) is 1. The number of ether oxygens (including phenoxy) is 1. The minimum absolute atomic E-state index is 0.00410. The van der Waals surface area contributed by atoms with E-state index >= 15 is 0 Å². The van der Waals surface area contributed by atoms with Crippen LogP contribution >= 0.6 is 11.3 Å². The summed E-state index contributed by atoms with van der Waals surface area (Å²) < 4.78 is 19.6. The molecule has 0 saturated heterocycles. The second-order valence-electron chi connectivity index (χ2n) is 9.54. The Morgan fingerprint density at radius 3 is 2.72 bits per heavy atom. The number of benzene rings is 2. The zero-order chi connectivity index (χ0) is 25.1. The van der Waals surface area contributed by atoms with Gasteiger partial charge in [-0.25, -0.2) is 9.18 Å². The Labute approximate surface area is 214 Å². The maximum absolute atomic E-state index is 13.6. The first-order valence-corrected chi connectivity index (χ1v) is 13.2. The van der Waals surface area contributed by atoms with Crippen molar-refractivity contribution in [1.82, 2.24) is 9.80 Å². The van der Waals surface area contributed by atoms with Crippen LogP contribution in [0.25, 0.3) is 0 Å². The number of nitrogens with zero attached hydrogens (tertiary/aromatic N) is 2. The minimum atomic E-state index is -0.365. The topological polar surface area (TPSA) is 61.9 Å². The lowest BCUT2D eigenvalue weighted by molar-refractivity contribution is -0.135. The quantitative estimate of drug-likeness (QED) is 0.429. The molecule has 2 aliphatic rings. The third-order valence-corrected chi connectivity index (χ3v) is 7.71. The van der Waals surface area contributed by atoms with Gasteiger partial charge in [0, 0.05) is 29.7 Å². The second-order valence-corrected chi connectivity index (χ2v) is 10.5. The summed E-state index contributed by atoms with van der Waals surface area (Å²) in [6.07, 6.45) is 2.93. The lowest BCUT2D eigenvalue weighted by atomic mass is 10.0. The van der Waals surface area contributed by atoms with Gasteiger partial charge in [0.2, 0.25) is 5.91 Å². The normalized spacial score (nSPS) is 16.8. The van der Waals surface area contributed by atoms with E-state index in [0.717, 1.165) is 30.4 Å². The number of carbonyl (C=O) groups excluding carboxylic acids is 2. The molecule has 0 radical (unpaired) electrons. The number of fused-ring (bicyclic) bond motifs is 1. The zero-order valence-electron chi connectivity index (χ0n) is 20.3. The van der Waals surface area contributed by atoms with E-state index in [2.05, 4.69) is 5.32 Å². The number of anilines is 1. The monoisotopic (exact) mass is 507 g/mol. The number of hydrogen-bond acceptors (Lipinski definition) is 4. The molecule has 3 amide bonds. The average Bonchev–Trinajstić information content (AvgIpc) is 3.55. The van der Waals surface area contributed by atoms with Crippen LogP contribution in [0.2, 0.25) is 0 Å². The Balaban J connectivity index is 1.30. The molecule has 1 aliphatic carbocycles. The van der Waals surface area contributed by atoms with Gasteiger partial charge >= 0.3 is 6.03 Å².